The number of nitrogens with zero attached hydrogens (tertiary/aromatic N) is 1. The Bertz CT molecular complexity index is 476. The van der Waals surface area contributed by atoms with Gasteiger partial charge in [0, 0.05) is 12.1 Å². The van der Waals surface area contributed by atoms with Gasteiger partial charge >= 0.3 is 0 Å². The molecule has 0 fully saturated rings. The van der Waals surface area contributed by atoms with Gasteiger partial charge in [0.15, 0.2) is 0 Å². The molecule has 0 aliphatic carbocycles. The fraction of sp³-hybridized carbons (Fsp3) is 0.467. The lowest BCUT2D eigenvalue weighted by atomic mass is 10.2. The molecule has 1 aromatic rings. The number of carbonyl (C=O) groups excluding carboxylic acids is 1. The number of benzene rings is 1. The Balaban J connectivity index is 2.78. The summed E-state index contributed by atoms with van der Waals surface area (Å²) in [6.07, 6.45) is 1.28. The van der Waals surface area contributed by atoms with E-state index in [1.54, 1.807) is 18.2 Å². The van der Waals surface area contributed by atoms with Crippen LogP contribution in [0.5, 0.6) is 5.75 Å². The minimum atomic E-state index is -0.0396. The average Bonchev–Trinajstić information content (AvgIpc) is 2.37. The number of rotatable bonds is 6. The fourth-order valence-corrected chi connectivity index (χ4v) is 1.53. The van der Waals surface area contributed by atoms with Crippen LogP contribution in [-0.4, -0.2) is 12.5 Å². The maximum absolute atomic E-state index is 11.5. The van der Waals surface area contributed by atoms with Crippen molar-refractivity contribution in [3.63, 3.8) is 0 Å². The van der Waals surface area contributed by atoms with E-state index in [1.807, 2.05) is 20.8 Å². The summed E-state index contributed by atoms with van der Waals surface area (Å²) in [6, 6.07) is 7.21. The van der Waals surface area contributed by atoms with Gasteiger partial charge in [-0.2, -0.15) is 5.26 Å². The van der Waals surface area contributed by atoms with Gasteiger partial charge in [-0.25, -0.2) is 0 Å². The van der Waals surface area contributed by atoms with Crippen LogP contribution in [0.1, 0.15) is 39.2 Å². The van der Waals surface area contributed by atoms with Crippen LogP contribution in [0.4, 0.5) is 5.69 Å². The first-order valence-corrected chi connectivity index (χ1v) is 6.53. The molecule has 19 heavy (non-hydrogen) atoms. The zero-order valence-corrected chi connectivity index (χ0v) is 11.7. The van der Waals surface area contributed by atoms with Gasteiger partial charge in [0.25, 0.3) is 0 Å². The number of nitriles is 1. The van der Waals surface area contributed by atoms with Gasteiger partial charge in [-0.3, -0.25) is 4.79 Å². The van der Waals surface area contributed by atoms with E-state index in [0.717, 1.165) is 6.42 Å². The van der Waals surface area contributed by atoms with Crippen molar-refractivity contribution >= 4 is 11.6 Å². The summed E-state index contributed by atoms with van der Waals surface area (Å²) < 4.78 is 5.56. The van der Waals surface area contributed by atoms with Crippen molar-refractivity contribution < 1.29 is 9.53 Å². The topological polar surface area (TPSA) is 62.1 Å². The molecular weight excluding hydrogens is 240 g/mol. The zero-order chi connectivity index (χ0) is 14.3. The highest BCUT2D eigenvalue weighted by atomic mass is 16.5. The minimum absolute atomic E-state index is 0.0396. The largest absolute Gasteiger partial charge is 0.492 e. The second kappa shape index (κ2) is 7.42. The van der Waals surface area contributed by atoms with Crippen molar-refractivity contribution in [2.45, 2.75) is 33.6 Å². The number of anilines is 1. The van der Waals surface area contributed by atoms with E-state index in [0.29, 0.717) is 35.9 Å². The molecule has 0 heterocycles. The summed E-state index contributed by atoms with van der Waals surface area (Å²) in [5, 5.41) is 11.9. The molecule has 1 amide bonds. The zero-order valence-electron chi connectivity index (χ0n) is 11.7. The molecular formula is C15H20N2O2. The van der Waals surface area contributed by atoms with E-state index >= 15 is 0 Å². The lowest BCUT2D eigenvalue weighted by Gasteiger charge is -2.11. The van der Waals surface area contributed by atoms with Crippen LogP contribution >= 0.6 is 0 Å². The van der Waals surface area contributed by atoms with Crippen LogP contribution in [0.25, 0.3) is 0 Å². The molecule has 0 atom stereocenters. The van der Waals surface area contributed by atoms with Gasteiger partial charge in [-0.15, -0.1) is 0 Å². The molecule has 1 aromatic carbocycles. The highest BCUT2D eigenvalue weighted by Crippen LogP contribution is 2.22. The predicted molar refractivity (Wildman–Crippen MR) is 75.0 cm³/mol. The number of carbonyl (C=O) groups is 1. The molecule has 0 aliphatic heterocycles. The number of amides is 1. The first-order valence-electron chi connectivity index (χ1n) is 6.53. The number of hydrogen-bond donors (Lipinski definition) is 1. The number of nitrogens with one attached hydrogen (secondary N) is 1. The summed E-state index contributed by atoms with van der Waals surface area (Å²) in [4.78, 5) is 11.5. The first kappa shape index (κ1) is 15.0. The first-order chi connectivity index (χ1) is 9.06. The molecule has 0 bridgehead atoms. The van der Waals surface area contributed by atoms with Gasteiger partial charge < -0.3 is 10.1 Å². The quantitative estimate of drug-likeness (QED) is 0.853. The summed E-state index contributed by atoms with van der Waals surface area (Å²) in [7, 11) is 0. The normalized spacial score (nSPS) is 10.1. The molecule has 0 radical (unpaired) electrons. The van der Waals surface area contributed by atoms with E-state index in [-0.39, 0.29) is 5.91 Å². The number of ether oxygens (including phenoxy) is 1. The van der Waals surface area contributed by atoms with Crippen molar-refractivity contribution in [3.8, 4) is 11.8 Å². The maximum Gasteiger partial charge on any atom is 0.224 e. The smallest absolute Gasteiger partial charge is 0.224 e. The Labute approximate surface area is 114 Å². The highest BCUT2D eigenvalue weighted by molar-refractivity contribution is 5.90. The van der Waals surface area contributed by atoms with E-state index in [2.05, 4.69) is 11.4 Å². The molecule has 1 N–H and O–H groups in total. The van der Waals surface area contributed by atoms with Crippen LogP contribution in [0.15, 0.2) is 18.2 Å². The van der Waals surface area contributed by atoms with Gasteiger partial charge in [-0.05, 0) is 30.5 Å². The van der Waals surface area contributed by atoms with E-state index in [9.17, 15) is 4.79 Å². The van der Waals surface area contributed by atoms with Gasteiger partial charge in [-0.1, -0.05) is 20.8 Å². The van der Waals surface area contributed by atoms with Crippen LogP contribution in [-0.2, 0) is 4.79 Å². The lowest BCUT2D eigenvalue weighted by Crippen LogP contribution is -2.11. The summed E-state index contributed by atoms with van der Waals surface area (Å²) >= 11 is 0. The van der Waals surface area contributed by atoms with Gasteiger partial charge in [0.1, 0.15) is 11.8 Å². The molecule has 4 heteroatoms. The molecule has 4 nitrogen and oxygen atoms in total. The Kier molecular flexibility index (Phi) is 5.87. The van der Waals surface area contributed by atoms with Crippen LogP contribution in [0.2, 0.25) is 0 Å². The number of hydrogen-bond acceptors (Lipinski definition) is 3. The molecule has 0 aliphatic rings. The molecule has 1 rings (SSSR count). The van der Waals surface area contributed by atoms with Gasteiger partial charge in [0.05, 0.1) is 12.2 Å². The fourth-order valence-electron chi connectivity index (χ4n) is 1.53. The molecule has 0 saturated carbocycles. The standard InChI is InChI=1S/C15H20N2O2/c1-4-5-15(18)17-13-6-7-14(12(8-13)9-16)19-10-11(2)3/h6-8,11H,4-5,10H2,1-3H3,(H,17,18). The summed E-state index contributed by atoms with van der Waals surface area (Å²) in [5.41, 5.74) is 1.07. The maximum atomic E-state index is 11.5. The Morgan fingerprint density at radius 2 is 2.21 bits per heavy atom. The molecule has 0 spiro atoms. The molecule has 0 saturated heterocycles. The van der Waals surface area contributed by atoms with Crippen LogP contribution in [0, 0.1) is 17.2 Å². The third-order valence-electron chi connectivity index (χ3n) is 2.43. The third kappa shape index (κ3) is 5.01. The third-order valence-corrected chi connectivity index (χ3v) is 2.43. The Hall–Kier alpha value is -2.02. The van der Waals surface area contributed by atoms with Crippen molar-refractivity contribution in [2.75, 3.05) is 11.9 Å². The van der Waals surface area contributed by atoms with Crippen molar-refractivity contribution in [1.82, 2.24) is 0 Å². The van der Waals surface area contributed by atoms with Crippen LogP contribution < -0.4 is 10.1 Å². The minimum Gasteiger partial charge on any atom is -0.492 e. The van der Waals surface area contributed by atoms with Crippen molar-refractivity contribution in [1.29, 1.82) is 5.26 Å². The molecule has 0 aromatic heterocycles. The summed E-state index contributed by atoms with van der Waals surface area (Å²) in [6.45, 7) is 6.61. The van der Waals surface area contributed by atoms with Gasteiger partial charge in [0.2, 0.25) is 5.91 Å². The molecule has 102 valence electrons. The van der Waals surface area contributed by atoms with Crippen LogP contribution in [0.3, 0.4) is 0 Å². The van der Waals surface area contributed by atoms with Crippen molar-refractivity contribution in [2.24, 2.45) is 5.92 Å². The Morgan fingerprint density at radius 1 is 1.47 bits per heavy atom. The second-order valence-electron chi connectivity index (χ2n) is 4.83. The lowest BCUT2D eigenvalue weighted by molar-refractivity contribution is -0.116. The molecule has 0 unspecified atom stereocenters. The van der Waals surface area contributed by atoms with E-state index in [1.165, 1.54) is 0 Å². The van der Waals surface area contributed by atoms with Crippen molar-refractivity contribution in [3.05, 3.63) is 23.8 Å². The predicted octanol–water partition coefficient (Wildman–Crippen LogP) is 3.33. The van der Waals surface area contributed by atoms with E-state index in [4.69, 9.17) is 10.00 Å². The SMILES string of the molecule is CCCC(=O)Nc1ccc(OCC(C)C)c(C#N)c1. The Morgan fingerprint density at radius 3 is 2.79 bits per heavy atom. The van der Waals surface area contributed by atoms with E-state index < -0.39 is 0 Å². The highest BCUT2D eigenvalue weighted by Gasteiger charge is 2.07. The average molecular weight is 260 g/mol. The second-order valence-corrected chi connectivity index (χ2v) is 4.83. The summed E-state index contributed by atoms with van der Waals surface area (Å²) in [5.74, 6) is 0.919. The monoisotopic (exact) mass is 260 g/mol.